The SMILES string of the molecule is CC1CC(C(=O)O)CN(CCOc2ccc(C(F)(F)F)cc2)C1. The molecule has 0 radical (unpaired) electrons. The van der Waals surface area contributed by atoms with Crippen LogP contribution in [-0.2, 0) is 11.0 Å². The van der Waals surface area contributed by atoms with E-state index in [1.54, 1.807) is 0 Å². The summed E-state index contributed by atoms with van der Waals surface area (Å²) in [4.78, 5) is 13.1. The summed E-state index contributed by atoms with van der Waals surface area (Å²) < 4.78 is 42.8. The van der Waals surface area contributed by atoms with Crippen molar-refractivity contribution in [1.82, 2.24) is 4.90 Å². The number of piperidine rings is 1. The molecule has 1 saturated heterocycles. The predicted molar refractivity (Wildman–Crippen MR) is 78.3 cm³/mol. The summed E-state index contributed by atoms with van der Waals surface area (Å²) in [6.45, 7) is 4.16. The molecule has 2 atom stereocenters. The van der Waals surface area contributed by atoms with Gasteiger partial charge in [0.1, 0.15) is 12.4 Å². The van der Waals surface area contributed by atoms with Crippen LogP contribution in [0, 0.1) is 11.8 Å². The minimum absolute atomic E-state index is 0.302. The molecule has 0 saturated carbocycles. The Morgan fingerprint density at radius 3 is 2.52 bits per heavy atom. The molecule has 2 rings (SSSR count). The van der Waals surface area contributed by atoms with Crippen molar-refractivity contribution in [3.8, 4) is 5.75 Å². The van der Waals surface area contributed by atoms with E-state index in [9.17, 15) is 18.0 Å². The zero-order valence-electron chi connectivity index (χ0n) is 12.8. The lowest BCUT2D eigenvalue weighted by atomic mass is 9.90. The van der Waals surface area contributed by atoms with E-state index in [0.717, 1.165) is 18.7 Å². The number of ether oxygens (including phenoxy) is 1. The normalized spacial score (nSPS) is 22.8. The highest BCUT2D eigenvalue weighted by molar-refractivity contribution is 5.70. The molecule has 1 fully saturated rings. The number of carbonyl (C=O) groups is 1. The molecule has 1 aliphatic heterocycles. The lowest BCUT2D eigenvalue weighted by molar-refractivity contribution is -0.144. The van der Waals surface area contributed by atoms with Gasteiger partial charge in [0.2, 0.25) is 0 Å². The van der Waals surface area contributed by atoms with E-state index in [2.05, 4.69) is 0 Å². The maximum atomic E-state index is 12.5. The summed E-state index contributed by atoms with van der Waals surface area (Å²) >= 11 is 0. The molecule has 0 spiro atoms. The van der Waals surface area contributed by atoms with Crippen molar-refractivity contribution >= 4 is 5.97 Å². The number of likely N-dealkylation sites (tertiary alicyclic amines) is 1. The Kier molecular flexibility index (Phi) is 5.51. The van der Waals surface area contributed by atoms with E-state index in [1.165, 1.54) is 12.1 Å². The molecule has 0 amide bonds. The van der Waals surface area contributed by atoms with Crippen LogP contribution in [0.4, 0.5) is 13.2 Å². The Balaban J connectivity index is 1.81. The molecule has 1 aliphatic rings. The summed E-state index contributed by atoms with van der Waals surface area (Å²) in [5.74, 6) is -0.483. The number of rotatable bonds is 5. The molecule has 23 heavy (non-hydrogen) atoms. The van der Waals surface area contributed by atoms with Crippen LogP contribution < -0.4 is 4.74 Å². The average molecular weight is 331 g/mol. The van der Waals surface area contributed by atoms with Crippen molar-refractivity contribution in [2.45, 2.75) is 19.5 Å². The van der Waals surface area contributed by atoms with Gasteiger partial charge in [0, 0.05) is 19.6 Å². The topological polar surface area (TPSA) is 49.8 Å². The van der Waals surface area contributed by atoms with Crippen LogP contribution in [0.2, 0.25) is 0 Å². The summed E-state index contributed by atoms with van der Waals surface area (Å²) in [7, 11) is 0. The van der Waals surface area contributed by atoms with E-state index in [0.29, 0.717) is 37.8 Å². The lowest BCUT2D eigenvalue weighted by Crippen LogP contribution is -2.44. The highest BCUT2D eigenvalue weighted by atomic mass is 19.4. The van der Waals surface area contributed by atoms with Crippen LogP contribution in [0.15, 0.2) is 24.3 Å². The van der Waals surface area contributed by atoms with Crippen LogP contribution in [0.5, 0.6) is 5.75 Å². The second-order valence-electron chi connectivity index (χ2n) is 6.01. The van der Waals surface area contributed by atoms with Crippen molar-refractivity contribution in [2.75, 3.05) is 26.2 Å². The van der Waals surface area contributed by atoms with Gasteiger partial charge in [-0.25, -0.2) is 0 Å². The highest BCUT2D eigenvalue weighted by Crippen LogP contribution is 2.30. The third kappa shape index (κ3) is 5.13. The second-order valence-corrected chi connectivity index (χ2v) is 6.01. The minimum atomic E-state index is -4.35. The summed E-state index contributed by atoms with van der Waals surface area (Å²) in [6.07, 6.45) is -3.68. The summed E-state index contributed by atoms with van der Waals surface area (Å²) in [5.41, 5.74) is -0.709. The van der Waals surface area contributed by atoms with Gasteiger partial charge < -0.3 is 9.84 Å². The number of benzene rings is 1. The third-order valence-electron chi connectivity index (χ3n) is 3.94. The fraction of sp³-hybridized carbons (Fsp3) is 0.562. The van der Waals surface area contributed by atoms with Gasteiger partial charge in [0.05, 0.1) is 11.5 Å². The number of aliphatic carboxylic acids is 1. The molecule has 1 aromatic carbocycles. The zero-order chi connectivity index (χ0) is 17.0. The minimum Gasteiger partial charge on any atom is -0.492 e. The molecule has 4 nitrogen and oxygen atoms in total. The van der Waals surface area contributed by atoms with Crippen molar-refractivity contribution in [1.29, 1.82) is 0 Å². The predicted octanol–water partition coefficient (Wildman–Crippen LogP) is 3.13. The number of halogens is 3. The Hall–Kier alpha value is -1.76. The second kappa shape index (κ2) is 7.21. The van der Waals surface area contributed by atoms with E-state index in [1.807, 2.05) is 11.8 Å². The van der Waals surface area contributed by atoms with Gasteiger partial charge >= 0.3 is 12.1 Å². The summed E-state index contributed by atoms with van der Waals surface area (Å²) in [5, 5.41) is 9.12. The number of carboxylic acids is 1. The highest BCUT2D eigenvalue weighted by Gasteiger charge is 2.30. The Bertz CT molecular complexity index is 530. The van der Waals surface area contributed by atoms with Crippen LogP contribution in [0.3, 0.4) is 0 Å². The van der Waals surface area contributed by atoms with Gasteiger partial charge in [0.15, 0.2) is 0 Å². The zero-order valence-corrected chi connectivity index (χ0v) is 12.8. The van der Waals surface area contributed by atoms with E-state index in [-0.39, 0.29) is 5.92 Å². The maximum absolute atomic E-state index is 12.5. The largest absolute Gasteiger partial charge is 0.492 e. The first-order valence-electron chi connectivity index (χ1n) is 7.51. The van der Waals surface area contributed by atoms with E-state index in [4.69, 9.17) is 9.84 Å². The van der Waals surface area contributed by atoms with Gasteiger partial charge in [-0.15, -0.1) is 0 Å². The molecule has 0 bridgehead atoms. The first-order chi connectivity index (χ1) is 10.8. The molecule has 1 aromatic rings. The van der Waals surface area contributed by atoms with Gasteiger partial charge in [-0.05, 0) is 36.6 Å². The maximum Gasteiger partial charge on any atom is 0.416 e. The molecular weight excluding hydrogens is 311 g/mol. The first kappa shape index (κ1) is 17.6. The standard InChI is InChI=1S/C16H20F3NO3/c1-11-8-12(15(21)22)10-20(9-11)6-7-23-14-4-2-13(3-5-14)16(17,18)19/h2-5,11-12H,6-10H2,1H3,(H,21,22). The van der Waals surface area contributed by atoms with Gasteiger partial charge in [0.25, 0.3) is 0 Å². The smallest absolute Gasteiger partial charge is 0.416 e. The van der Waals surface area contributed by atoms with Crippen LogP contribution >= 0.6 is 0 Å². The molecule has 128 valence electrons. The molecule has 0 aliphatic carbocycles. The van der Waals surface area contributed by atoms with Crippen molar-refractivity contribution < 1.29 is 27.8 Å². The fourth-order valence-corrected chi connectivity index (χ4v) is 2.86. The lowest BCUT2D eigenvalue weighted by Gasteiger charge is -2.34. The average Bonchev–Trinajstić information content (AvgIpc) is 2.46. The third-order valence-corrected chi connectivity index (χ3v) is 3.94. The summed E-state index contributed by atoms with van der Waals surface area (Å²) in [6, 6.07) is 4.56. The molecule has 0 aromatic heterocycles. The Labute approximate surface area is 132 Å². The van der Waals surface area contributed by atoms with Crippen LogP contribution in [-0.4, -0.2) is 42.2 Å². The molecule has 1 heterocycles. The van der Waals surface area contributed by atoms with Gasteiger partial charge in [-0.2, -0.15) is 13.2 Å². The van der Waals surface area contributed by atoms with E-state index < -0.39 is 17.7 Å². The Morgan fingerprint density at radius 1 is 1.30 bits per heavy atom. The number of nitrogens with zero attached hydrogens (tertiary/aromatic N) is 1. The number of hydrogen-bond acceptors (Lipinski definition) is 3. The number of alkyl halides is 3. The fourth-order valence-electron chi connectivity index (χ4n) is 2.86. The van der Waals surface area contributed by atoms with E-state index >= 15 is 0 Å². The molecule has 2 unspecified atom stereocenters. The molecule has 1 N–H and O–H groups in total. The monoisotopic (exact) mass is 331 g/mol. The number of hydrogen-bond donors (Lipinski definition) is 1. The van der Waals surface area contributed by atoms with Crippen molar-refractivity contribution in [3.05, 3.63) is 29.8 Å². The van der Waals surface area contributed by atoms with Gasteiger partial charge in [-0.1, -0.05) is 6.92 Å². The van der Waals surface area contributed by atoms with Crippen LogP contribution in [0.25, 0.3) is 0 Å². The molecule has 7 heteroatoms. The van der Waals surface area contributed by atoms with Crippen LogP contribution in [0.1, 0.15) is 18.9 Å². The van der Waals surface area contributed by atoms with Crippen molar-refractivity contribution in [3.63, 3.8) is 0 Å². The quantitative estimate of drug-likeness (QED) is 0.901. The molecular formula is C16H20F3NO3. The number of carboxylic acid groups (broad SMARTS) is 1. The Morgan fingerprint density at radius 2 is 1.96 bits per heavy atom. The van der Waals surface area contributed by atoms with Gasteiger partial charge in [-0.3, -0.25) is 9.69 Å². The first-order valence-corrected chi connectivity index (χ1v) is 7.51. The van der Waals surface area contributed by atoms with Crippen molar-refractivity contribution in [2.24, 2.45) is 11.8 Å².